The van der Waals surface area contributed by atoms with Crippen molar-refractivity contribution in [2.45, 2.75) is 12.8 Å². The lowest BCUT2D eigenvalue weighted by molar-refractivity contribution is -0.121. The fourth-order valence-electron chi connectivity index (χ4n) is 3.18. The van der Waals surface area contributed by atoms with Crippen molar-refractivity contribution in [2.75, 3.05) is 25.5 Å². The lowest BCUT2D eigenvalue weighted by atomic mass is 9.95. The fourth-order valence-corrected chi connectivity index (χ4v) is 3.18. The highest BCUT2D eigenvalue weighted by atomic mass is 19.1. The number of likely N-dealkylation sites (tertiary alicyclic amines) is 1. The molecule has 2 aromatic carbocycles. The average molecular weight is 374 g/mol. The quantitative estimate of drug-likeness (QED) is 0.892. The van der Waals surface area contributed by atoms with Gasteiger partial charge in [-0.1, -0.05) is 18.2 Å². The largest absolute Gasteiger partial charge is 0.496 e. The van der Waals surface area contributed by atoms with Crippen molar-refractivity contribution in [1.82, 2.24) is 4.90 Å². The molecule has 1 heterocycles. The number of methoxy groups -OCH3 is 1. The van der Waals surface area contributed by atoms with E-state index >= 15 is 0 Å². The Bertz CT molecular complexity index is 829. The van der Waals surface area contributed by atoms with Crippen molar-refractivity contribution in [2.24, 2.45) is 5.92 Å². The summed E-state index contributed by atoms with van der Waals surface area (Å²) >= 11 is 0. The number of ether oxygens (including phenoxy) is 1. The van der Waals surface area contributed by atoms with Crippen molar-refractivity contribution in [3.8, 4) is 5.75 Å². The molecule has 0 aromatic heterocycles. The molecular weight excluding hydrogens is 354 g/mol. The van der Waals surface area contributed by atoms with E-state index in [0.717, 1.165) is 12.1 Å². The SMILES string of the molecule is COc1ccccc1C(=O)N1CCC(C(=O)Nc2c(F)cccc2F)CC1. The number of nitrogens with zero attached hydrogens (tertiary/aromatic N) is 1. The van der Waals surface area contributed by atoms with E-state index in [9.17, 15) is 18.4 Å². The summed E-state index contributed by atoms with van der Waals surface area (Å²) in [6.45, 7) is 0.767. The van der Waals surface area contributed by atoms with Crippen molar-refractivity contribution < 1.29 is 23.1 Å². The molecule has 1 aliphatic rings. The third-order valence-corrected chi connectivity index (χ3v) is 4.70. The Balaban J connectivity index is 1.61. The molecule has 1 fully saturated rings. The summed E-state index contributed by atoms with van der Waals surface area (Å²) < 4.78 is 32.6. The van der Waals surface area contributed by atoms with Crippen LogP contribution in [0.3, 0.4) is 0 Å². The first-order valence-electron chi connectivity index (χ1n) is 8.68. The summed E-state index contributed by atoms with van der Waals surface area (Å²) in [6.07, 6.45) is 0.839. The minimum atomic E-state index is -0.813. The van der Waals surface area contributed by atoms with Crippen LogP contribution in [0.5, 0.6) is 5.75 Å². The van der Waals surface area contributed by atoms with Gasteiger partial charge in [0.1, 0.15) is 23.1 Å². The number of nitrogens with one attached hydrogen (secondary N) is 1. The molecule has 0 saturated carbocycles. The molecule has 0 spiro atoms. The molecule has 1 N–H and O–H groups in total. The highest BCUT2D eigenvalue weighted by Gasteiger charge is 2.29. The second-order valence-electron chi connectivity index (χ2n) is 6.35. The Kier molecular flexibility index (Phi) is 5.69. The van der Waals surface area contributed by atoms with Crippen LogP contribution < -0.4 is 10.1 Å². The number of halogens is 2. The first-order chi connectivity index (χ1) is 13.0. The molecule has 142 valence electrons. The maximum absolute atomic E-state index is 13.7. The van der Waals surface area contributed by atoms with Gasteiger partial charge in [-0.05, 0) is 37.1 Å². The van der Waals surface area contributed by atoms with E-state index in [4.69, 9.17) is 4.74 Å². The zero-order valence-electron chi connectivity index (χ0n) is 14.9. The topological polar surface area (TPSA) is 58.6 Å². The van der Waals surface area contributed by atoms with Crippen LogP contribution >= 0.6 is 0 Å². The number of hydrogen-bond donors (Lipinski definition) is 1. The van der Waals surface area contributed by atoms with Crippen LogP contribution in [0.15, 0.2) is 42.5 Å². The van der Waals surface area contributed by atoms with Gasteiger partial charge in [0, 0.05) is 19.0 Å². The van der Waals surface area contributed by atoms with E-state index in [1.807, 2.05) is 0 Å². The molecule has 0 aliphatic carbocycles. The predicted molar refractivity (Wildman–Crippen MR) is 96.6 cm³/mol. The van der Waals surface area contributed by atoms with Gasteiger partial charge in [-0.25, -0.2) is 8.78 Å². The van der Waals surface area contributed by atoms with Gasteiger partial charge in [-0.15, -0.1) is 0 Å². The van der Waals surface area contributed by atoms with Crippen molar-refractivity contribution in [1.29, 1.82) is 0 Å². The summed E-state index contributed by atoms with van der Waals surface area (Å²) in [7, 11) is 1.50. The van der Waals surface area contributed by atoms with Gasteiger partial charge in [-0.3, -0.25) is 9.59 Å². The van der Waals surface area contributed by atoms with E-state index in [1.54, 1.807) is 29.2 Å². The molecule has 5 nitrogen and oxygen atoms in total. The van der Waals surface area contributed by atoms with Gasteiger partial charge < -0.3 is 15.0 Å². The first kappa shape index (κ1) is 18.8. The van der Waals surface area contributed by atoms with Crippen LogP contribution in [-0.2, 0) is 4.79 Å². The average Bonchev–Trinajstić information content (AvgIpc) is 2.70. The highest BCUT2D eigenvalue weighted by Crippen LogP contribution is 2.25. The van der Waals surface area contributed by atoms with E-state index < -0.39 is 29.1 Å². The lowest BCUT2D eigenvalue weighted by Gasteiger charge is -2.31. The highest BCUT2D eigenvalue weighted by molar-refractivity contribution is 5.97. The van der Waals surface area contributed by atoms with Crippen LogP contribution in [0.4, 0.5) is 14.5 Å². The Hall–Kier alpha value is -2.96. The molecule has 7 heteroatoms. The molecule has 2 amide bonds. The minimum Gasteiger partial charge on any atom is -0.496 e. The van der Waals surface area contributed by atoms with Crippen LogP contribution in [-0.4, -0.2) is 36.9 Å². The summed E-state index contributed by atoms with van der Waals surface area (Å²) in [5.74, 6) is -2.14. The Labute approximate surface area is 155 Å². The Morgan fingerprint density at radius 2 is 1.67 bits per heavy atom. The number of anilines is 1. The molecule has 1 aliphatic heterocycles. The van der Waals surface area contributed by atoms with Crippen molar-refractivity contribution in [3.05, 3.63) is 59.7 Å². The summed E-state index contributed by atoms with van der Waals surface area (Å²) in [4.78, 5) is 26.7. The van der Waals surface area contributed by atoms with E-state index in [1.165, 1.54) is 13.2 Å². The van der Waals surface area contributed by atoms with E-state index in [0.29, 0.717) is 37.2 Å². The van der Waals surface area contributed by atoms with Gasteiger partial charge in [0.25, 0.3) is 5.91 Å². The number of rotatable bonds is 4. The molecule has 27 heavy (non-hydrogen) atoms. The maximum atomic E-state index is 13.7. The number of para-hydroxylation sites is 2. The Morgan fingerprint density at radius 1 is 1.04 bits per heavy atom. The van der Waals surface area contributed by atoms with Gasteiger partial charge >= 0.3 is 0 Å². The van der Waals surface area contributed by atoms with Crippen LogP contribution in [0.2, 0.25) is 0 Å². The molecule has 2 aromatic rings. The number of hydrogen-bond acceptors (Lipinski definition) is 3. The van der Waals surface area contributed by atoms with Gasteiger partial charge in [0.2, 0.25) is 5.91 Å². The van der Waals surface area contributed by atoms with Crippen LogP contribution in [0, 0.1) is 17.6 Å². The first-order valence-corrected chi connectivity index (χ1v) is 8.68. The zero-order chi connectivity index (χ0) is 19.4. The standard InChI is InChI=1S/C20H20F2N2O3/c1-27-17-8-3-2-5-14(17)20(26)24-11-9-13(10-12-24)19(25)23-18-15(21)6-4-7-16(18)22/h2-8,13H,9-12H2,1H3,(H,23,25). The van der Waals surface area contributed by atoms with Gasteiger partial charge in [-0.2, -0.15) is 0 Å². The van der Waals surface area contributed by atoms with E-state index in [-0.39, 0.29) is 5.91 Å². The predicted octanol–water partition coefficient (Wildman–Crippen LogP) is 3.46. The second-order valence-corrected chi connectivity index (χ2v) is 6.35. The Morgan fingerprint density at radius 3 is 2.30 bits per heavy atom. The number of carbonyl (C=O) groups excluding carboxylic acids is 2. The number of amides is 2. The molecule has 0 atom stereocenters. The number of benzene rings is 2. The number of carbonyl (C=O) groups is 2. The molecule has 0 radical (unpaired) electrons. The molecule has 0 unspecified atom stereocenters. The lowest BCUT2D eigenvalue weighted by Crippen LogP contribution is -2.41. The monoisotopic (exact) mass is 374 g/mol. The maximum Gasteiger partial charge on any atom is 0.257 e. The van der Waals surface area contributed by atoms with Crippen LogP contribution in [0.25, 0.3) is 0 Å². The molecule has 0 bridgehead atoms. The zero-order valence-corrected chi connectivity index (χ0v) is 14.9. The summed E-state index contributed by atoms with van der Waals surface area (Å²) in [6, 6.07) is 10.4. The van der Waals surface area contributed by atoms with Gasteiger partial charge in [0.15, 0.2) is 0 Å². The molecule has 3 rings (SSSR count). The smallest absolute Gasteiger partial charge is 0.257 e. The molecule has 1 saturated heterocycles. The van der Waals surface area contributed by atoms with E-state index in [2.05, 4.69) is 5.32 Å². The summed E-state index contributed by atoms with van der Waals surface area (Å²) in [5.41, 5.74) is 0.0337. The van der Waals surface area contributed by atoms with Crippen molar-refractivity contribution >= 4 is 17.5 Å². The van der Waals surface area contributed by atoms with Crippen LogP contribution in [0.1, 0.15) is 23.2 Å². The third kappa shape index (κ3) is 4.07. The van der Waals surface area contributed by atoms with Crippen molar-refractivity contribution in [3.63, 3.8) is 0 Å². The minimum absolute atomic E-state index is 0.161. The third-order valence-electron chi connectivity index (χ3n) is 4.70. The second kappa shape index (κ2) is 8.16. The summed E-state index contributed by atoms with van der Waals surface area (Å²) in [5, 5.41) is 2.33. The van der Waals surface area contributed by atoms with Gasteiger partial charge in [0.05, 0.1) is 12.7 Å². The number of piperidine rings is 1. The fraction of sp³-hybridized carbons (Fsp3) is 0.300. The molecular formula is C20H20F2N2O3. The normalized spacial score (nSPS) is 14.7.